The topological polar surface area (TPSA) is 40.6 Å². The molecule has 0 amide bonds. The highest BCUT2D eigenvalue weighted by atomic mass is 32.2. The summed E-state index contributed by atoms with van der Waals surface area (Å²) in [4.78, 5) is 0. The van der Waals surface area contributed by atoms with E-state index >= 15 is 0 Å². The number of nitrogens with zero attached hydrogens (tertiary/aromatic N) is 2. The molecule has 5 heteroatoms. The summed E-state index contributed by atoms with van der Waals surface area (Å²) in [6.45, 7) is 6.08. The average molecular weight is 292 g/mol. The summed E-state index contributed by atoms with van der Waals surface area (Å²) in [5.41, 5.74) is 0.938. The van der Waals surface area contributed by atoms with Crippen molar-refractivity contribution >= 4 is 10.2 Å². The fourth-order valence-corrected chi connectivity index (χ4v) is 2.87. The highest BCUT2D eigenvalue weighted by Crippen LogP contribution is 2.12. The zero-order valence-electron chi connectivity index (χ0n) is 11.9. The minimum Gasteiger partial charge on any atom is -0.195 e. The molecular weight excluding hydrogens is 272 g/mol. The van der Waals surface area contributed by atoms with Crippen molar-refractivity contribution in [1.29, 1.82) is 0 Å². The first-order valence-corrected chi connectivity index (χ1v) is 7.68. The van der Waals surface area contributed by atoms with E-state index in [9.17, 15) is 8.42 Å². The minimum atomic E-state index is -3.54. The van der Waals surface area contributed by atoms with Crippen LogP contribution in [0.4, 0.5) is 0 Å². The molecule has 0 radical (unpaired) electrons. The van der Waals surface area contributed by atoms with E-state index < -0.39 is 10.2 Å². The van der Waals surface area contributed by atoms with Crippen LogP contribution in [0.1, 0.15) is 12.5 Å². The quantitative estimate of drug-likeness (QED) is 0.568. The van der Waals surface area contributed by atoms with Crippen LogP contribution in [0.15, 0.2) is 43.0 Å². The molecule has 0 N–H and O–H groups in total. The molecule has 0 aromatic heterocycles. The van der Waals surface area contributed by atoms with Gasteiger partial charge >= 0.3 is 0 Å². The van der Waals surface area contributed by atoms with Crippen LogP contribution >= 0.6 is 0 Å². The first kappa shape index (κ1) is 16.4. The van der Waals surface area contributed by atoms with Gasteiger partial charge in [-0.15, -0.1) is 12.5 Å². The largest absolute Gasteiger partial charge is 0.283 e. The molecule has 0 fully saturated rings. The second-order valence-corrected chi connectivity index (χ2v) is 6.29. The van der Waals surface area contributed by atoms with Crippen LogP contribution in [0.25, 0.3) is 0 Å². The van der Waals surface area contributed by atoms with Gasteiger partial charge in [0, 0.05) is 20.1 Å². The third-order valence-corrected chi connectivity index (χ3v) is 4.58. The Morgan fingerprint density at radius 1 is 1.30 bits per heavy atom. The van der Waals surface area contributed by atoms with Gasteiger partial charge in [-0.25, -0.2) is 0 Å². The molecule has 0 atom stereocenters. The van der Waals surface area contributed by atoms with Crippen LogP contribution in [-0.2, 0) is 16.8 Å². The van der Waals surface area contributed by atoms with Crippen LogP contribution in [0, 0.1) is 11.8 Å². The molecule has 1 rings (SSSR count). The second-order valence-electron chi connectivity index (χ2n) is 4.26. The highest BCUT2D eigenvalue weighted by molar-refractivity contribution is 7.86. The molecule has 20 heavy (non-hydrogen) atoms. The summed E-state index contributed by atoms with van der Waals surface area (Å²) < 4.78 is 27.6. The van der Waals surface area contributed by atoms with Crippen molar-refractivity contribution in [1.82, 2.24) is 8.61 Å². The normalized spacial score (nSPS) is 11.2. The lowest BCUT2D eigenvalue weighted by Gasteiger charge is -2.25. The molecule has 1 aromatic rings. The maximum absolute atomic E-state index is 12.5. The summed E-state index contributed by atoms with van der Waals surface area (Å²) in [5, 5.41) is 0. The summed E-state index contributed by atoms with van der Waals surface area (Å²) >= 11 is 0. The maximum Gasteiger partial charge on any atom is 0.283 e. The fourth-order valence-electron chi connectivity index (χ4n) is 1.64. The van der Waals surface area contributed by atoms with Crippen LogP contribution < -0.4 is 0 Å². The average Bonchev–Trinajstić information content (AvgIpc) is 2.45. The van der Waals surface area contributed by atoms with E-state index in [0.29, 0.717) is 6.54 Å². The summed E-state index contributed by atoms with van der Waals surface area (Å²) in [5.74, 6) is 5.46. The first-order valence-electron chi connectivity index (χ1n) is 6.28. The van der Waals surface area contributed by atoms with E-state index in [1.807, 2.05) is 30.3 Å². The maximum atomic E-state index is 12.5. The molecule has 108 valence electrons. The van der Waals surface area contributed by atoms with Crippen LogP contribution in [0.3, 0.4) is 0 Å². The zero-order valence-corrected chi connectivity index (χ0v) is 12.7. The van der Waals surface area contributed by atoms with Crippen molar-refractivity contribution in [2.45, 2.75) is 13.5 Å². The third-order valence-electron chi connectivity index (χ3n) is 2.73. The van der Waals surface area contributed by atoms with E-state index in [1.54, 1.807) is 13.0 Å². The predicted molar refractivity (Wildman–Crippen MR) is 82.0 cm³/mol. The molecule has 0 spiro atoms. The standard InChI is InChI=1S/C15H20N2O2S/c1-4-6-13-16(3)20(18,19)17(12-5-2)14-15-10-8-7-9-11-15/h5,7-11H,2,12-14H2,1,3H3. The van der Waals surface area contributed by atoms with E-state index in [2.05, 4.69) is 18.4 Å². The Balaban J connectivity index is 2.93. The van der Waals surface area contributed by atoms with Crippen LogP contribution in [0.5, 0.6) is 0 Å². The van der Waals surface area contributed by atoms with E-state index in [-0.39, 0.29) is 13.1 Å². The molecule has 0 heterocycles. The Kier molecular flexibility index (Phi) is 6.46. The van der Waals surface area contributed by atoms with Crippen molar-refractivity contribution in [3.8, 4) is 11.8 Å². The van der Waals surface area contributed by atoms with Gasteiger partial charge in [0.15, 0.2) is 0 Å². The lowest BCUT2D eigenvalue weighted by molar-refractivity contribution is 0.386. The summed E-state index contributed by atoms with van der Waals surface area (Å²) in [7, 11) is -2.01. The monoisotopic (exact) mass is 292 g/mol. The molecule has 0 aliphatic heterocycles. The molecule has 1 aromatic carbocycles. The van der Waals surface area contributed by atoms with Gasteiger partial charge in [-0.2, -0.15) is 17.0 Å². The van der Waals surface area contributed by atoms with Gasteiger partial charge in [0.2, 0.25) is 0 Å². The van der Waals surface area contributed by atoms with Crippen molar-refractivity contribution in [3.63, 3.8) is 0 Å². The number of hydrogen-bond donors (Lipinski definition) is 0. The van der Waals surface area contributed by atoms with Gasteiger partial charge in [-0.1, -0.05) is 42.3 Å². The van der Waals surface area contributed by atoms with E-state index in [4.69, 9.17) is 0 Å². The molecule has 0 aliphatic carbocycles. The molecule has 0 aliphatic rings. The van der Waals surface area contributed by atoms with Gasteiger partial charge in [0.05, 0.1) is 6.54 Å². The lowest BCUT2D eigenvalue weighted by Crippen LogP contribution is -2.41. The first-order chi connectivity index (χ1) is 9.52. The third kappa shape index (κ3) is 4.49. The van der Waals surface area contributed by atoms with Crippen molar-refractivity contribution in [2.75, 3.05) is 20.1 Å². The minimum absolute atomic E-state index is 0.182. The van der Waals surface area contributed by atoms with Gasteiger partial charge < -0.3 is 0 Å². The van der Waals surface area contributed by atoms with Gasteiger partial charge in [0.25, 0.3) is 10.2 Å². The number of benzene rings is 1. The van der Waals surface area contributed by atoms with Crippen molar-refractivity contribution < 1.29 is 8.42 Å². The fraction of sp³-hybridized carbons (Fsp3) is 0.333. The summed E-state index contributed by atoms with van der Waals surface area (Å²) in [6, 6.07) is 9.48. The Bertz CT molecular complexity index is 585. The van der Waals surface area contributed by atoms with E-state index in [0.717, 1.165) is 5.56 Å². The smallest absolute Gasteiger partial charge is 0.195 e. The summed E-state index contributed by atoms with van der Waals surface area (Å²) in [6.07, 6.45) is 1.58. The van der Waals surface area contributed by atoms with Crippen LogP contribution in [-0.4, -0.2) is 37.2 Å². The highest BCUT2D eigenvalue weighted by Gasteiger charge is 2.25. The van der Waals surface area contributed by atoms with Crippen LogP contribution in [0.2, 0.25) is 0 Å². The number of rotatable bonds is 7. The molecule has 0 saturated carbocycles. The molecule has 0 bridgehead atoms. The Morgan fingerprint density at radius 3 is 2.50 bits per heavy atom. The predicted octanol–water partition coefficient (Wildman–Crippen LogP) is 1.87. The molecule has 0 unspecified atom stereocenters. The molecule has 0 saturated heterocycles. The van der Waals surface area contributed by atoms with Gasteiger partial charge in [-0.3, -0.25) is 0 Å². The Morgan fingerprint density at radius 2 is 1.95 bits per heavy atom. The van der Waals surface area contributed by atoms with Gasteiger partial charge in [0.1, 0.15) is 0 Å². The Hall–Kier alpha value is -1.61. The molecule has 4 nitrogen and oxygen atoms in total. The lowest BCUT2D eigenvalue weighted by atomic mass is 10.2. The second kappa shape index (κ2) is 7.85. The number of hydrogen-bond acceptors (Lipinski definition) is 2. The van der Waals surface area contributed by atoms with Gasteiger partial charge in [-0.05, 0) is 12.5 Å². The van der Waals surface area contributed by atoms with E-state index in [1.165, 1.54) is 15.7 Å². The van der Waals surface area contributed by atoms with Crippen molar-refractivity contribution in [3.05, 3.63) is 48.6 Å². The van der Waals surface area contributed by atoms with Crippen molar-refractivity contribution in [2.24, 2.45) is 0 Å². The molecular formula is C15H20N2O2S. The zero-order chi connectivity index (χ0) is 15.0. The SMILES string of the molecule is C=CCN(Cc1ccccc1)S(=O)(=O)N(C)CC#CC. The Labute approximate surface area is 121 Å².